The van der Waals surface area contributed by atoms with Crippen LogP contribution in [0.1, 0.15) is 17.5 Å². The molecule has 0 bridgehead atoms. The van der Waals surface area contributed by atoms with E-state index < -0.39 is 11.8 Å². The lowest BCUT2D eigenvalue weighted by atomic mass is 10.2. The van der Waals surface area contributed by atoms with Gasteiger partial charge in [0.2, 0.25) is 11.8 Å². The van der Waals surface area contributed by atoms with Gasteiger partial charge in [-0.3, -0.25) is 9.59 Å². The van der Waals surface area contributed by atoms with Gasteiger partial charge in [0.1, 0.15) is 18.8 Å². The molecule has 0 aromatic heterocycles. The molecule has 3 aromatic carbocycles. The second-order valence-corrected chi connectivity index (χ2v) is 6.26. The molecule has 0 atom stereocenters. The number of rotatable bonds is 7. The molecule has 0 spiro atoms. The SMILES string of the molecule is N#Cc1ccc(NC(=O)CC(=O)Nc2ccc(OCc3ccccc3)cc2)cc1. The topological polar surface area (TPSA) is 91.2 Å². The van der Waals surface area contributed by atoms with Gasteiger partial charge in [-0.05, 0) is 54.1 Å². The molecule has 0 saturated heterocycles. The molecule has 0 fully saturated rings. The van der Waals surface area contributed by atoms with E-state index in [0.29, 0.717) is 29.3 Å². The molecule has 3 rings (SSSR count). The predicted octanol–water partition coefficient (Wildman–Crippen LogP) is 4.10. The molecule has 0 aliphatic heterocycles. The van der Waals surface area contributed by atoms with Crippen molar-refractivity contribution in [3.63, 3.8) is 0 Å². The fourth-order valence-corrected chi connectivity index (χ4v) is 2.56. The fraction of sp³-hybridized carbons (Fsp3) is 0.0870. The molecule has 2 amide bonds. The molecule has 0 aliphatic carbocycles. The summed E-state index contributed by atoms with van der Waals surface area (Å²) >= 11 is 0. The van der Waals surface area contributed by atoms with Crippen molar-refractivity contribution in [2.24, 2.45) is 0 Å². The summed E-state index contributed by atoms with van der Waals surface area (Å²) in [5.41, 5.74) is 2.67. The van der Waals surface area contributed by atoms with Crippen LogP contribution in [0.3, 0.4) is 0 Å². The maximum absolute atomic E-state index is 12.1. The Morgan fingerprint density at radius 3 is 1.90 bits per heavy atom. The monoisotopic (exact) mass is 385 g/mol. The van der Waals surface area contributed by atoms with E-state index in [1.165, 1.54) is 0 Å². The minimum Gasteiger partial charge on any atom is -0.489 e. The molecule has 0 unspecified atom stereocenters. The lowest BCUT2D eigenvalue weighted by molar-refractivity contribution is -0.123. The Bertz CT molecular complexity index is 1010. The summed E-state index contributed by atoms with van der Waals surface area (Å²) in [5.74, 6) is -0.172. The smallest absolute Gasteiger partial charge is 0.233 e. The average Bonchev–Trinajstić information content (AvgIpc) is 2.74. The number of benzene rings is 3. The van der Waals surface area contributed by atoms with Gasteiger partial charge in [-0.1, -0.05) is 30.3 Å². The first-order chi connectivity index (χ1) is 14.1. The van der Waals surface area contributed by atoms with E-state index in [0.717, 1.165) is 5.56 Å². The number of nitrogens with one attached hydrogen (secondary N) is 2. The highest BCUT2D eigenvalue weighted by atomic mass is 16.5. The molecule has 144 valence electrons. The van der Waals surface area contributed by atoms with E-state index in [4.69, 9.17) is 10.00 Å². The van der Waals surface area contributed by atoms with Gasteiger partial charge in [-0.25, -0.2) is 0 Å². The van der Waals surface area contributed by atoms with Crippen molar-refractivity contribution in [2.45, 2.75) is 13.0 Å². The molecule has 0 saturated carbocycles. The third-order valence-corrected chi connectivity index (χ3v) is 4.01. The molecule has 6 nitrogen and oxygen atoms in total. The summed E-state index contributed by atoms with van der Waals surface area (Å²) in [6.07, 6.45) is -0.313. The predicted molar refractivity (Wildman–Crippen MR) is 110 cm³/mol. The highest BCUT2D eigenvalue weighted by Crippen LogP contribution is 2.17. The quantitative estimate of drug-likeness (QED) is 0.599. The van der Waals surface area contributed by atoms with Gasteiger partial charge in [0.05, 0.1) is 11.6 Å². The third-order valence-electron chi connectivity index (χ3n) is 4.01. The number of carbonyl (C=O) groups is 2. The summed E-state index contributed by atoms with van der Waals surface area (Å²) in [7, 11) is 0. The van der Waals surface area contributed by atoms with E-state index >= 15 is 0 Å². The van der Waals surface area contributed by atoms with Gasteiger partial charge in [0, 0.05) is 11.4 Å². The van der Waals surface area contributed by atoms with Crippen LogP contribution in [0.5, 0.6) is 5.75 Å². The van der Waals surface area contributed by atoms with E-state index in [1.54, 1.807) is 48.5 Å². The third kappa shape index (κ3) is 6.22. The Balaban J connectivity index is 1.46. The number of nitriles is 1. The highest BCUT2D eigenvalue weighted by Gasteiger charge is 2.10. The zero-order valence-electron chi connectivity index (χ0n) is 15.6. The minimum atomic E-state index is -0.435. The van der Waals surface area contributed by atoms with Crippen molar-refractivity contribution in [2.75, 3.05) is 10.6 Å². The first-order valence-corrected chi connectivity index (χ1v) is 8.99. The number of hydrogen-bond acceptors (Lipinski definition) is 4. The number of nitrogens with zero attached hydrogens (tertiary/aromatic N) is 1. The van der Waals surface area contributed by atoms with Crippen LogP contribution >= 0.6 is 0 Å². The number of ether oxygens (including phenoxy) is 1. The number of carbonyl (C=O) groups excluding carboxylic acids is 2. The molecule has 6 heteroatoms. The van der Waals surface area contributed by atoms with Crippen molar-refractivity contribution in [3.05, 3.63) is 90.0 Å². The molecular weight excluding hydrogens is 366 g/mol. The van der Waals surface area contributed by atoms with Crippen LogP contribution in [0.15, 0.2) is 78.9 Å². The van der Waals surface area contributed by atoms with Crippen LogP contribution in [0, 0.1) is 11.3 Å². The van der Waals surface area contributed by atoms with Gasteiger partial charge >= 0.3 is 0 Å². The van der Waals surface area contributed by atoms with Crippen molar-refractivity contribution >= 4 is 23.2 Å². The average molecular weight is 385 g/mol. The highest BCUT2D eigenvalue weighted by molar-refractivity contribution is 6.08. The van der Waals surface area contributed by atoms with Gasteiger partial charge < -0.3 is 15.4 Å². The lowest BCUT2D eigenvalue weighted by Gasteiger charge is -2.09. The van der Waals surface area contributed by atoms with E-state index in [-0.39, 0.29) is 6.42 Å². The Morgan fingerprint density at radius 2 is 1.34 bits per heavy atom. The zero-order chi connectivity index (χ0) is 20.5. The largest absolute Gasteiger partial charge is 0.489 e. The van der Waals surface area contributed by atoms with Gasteiger partial charge in [-0.2, -0.15) is 5.26 Å². The second-order valence-electron chi connectivity index (χ2n) is 6.26. The first-order valence-electron chi connectivity index (χ1n) is 8.99. The van der Waals surface area contributed by atoms with Crippen LogP contribution in [-0.4, -0.2) is 11.8 Å². The Morgan fingerprint density at radius 1 is 0.793 bits per heavy atom. The first kappa shape index (κ1) is 19.6. The summed E-state index contributed by atoms with van der Waals surface area (Å²) in [4.78, 5) is 24.0. The van der Waals surface area contributed by atoms with Gasteiger partial charge in [0.15, 0.2) is 0 Å². The van der Waals surface area contributed by atoms with Crippen LogP contribution < -0.4 is 15.4 Å². The van der Waals surface area contributed by atoms with Gasteiger partial charge in [0.25, 0.3) is 0 Å². The molecule has 0 heterocycles. The van der Waals surface area contributed by atoms with E-state index in [1.807, 2.05) is 36.4 Å². The molecule has 3 aromatic rings. The van der Waals surface area contributed by atoms with Crippen molar-refractivity contribution < 1.29 is 14.3 Å². The van der Waals surface area contributed by atoms with E-state index in [2.05, 4.69) is 10.6 Å². The van der Waals surface area contributed by atoms with Crippen LogP contribution in [-0.2, 0) is 16.2 Å². The van der Waals surface area contributed by atoms with E-state index in [9.17, 15) is 9.59 Å². The second kappa shape index (κ2) is 9.72. The maximum atomic E-state index is 12.1. The fourth-order valence-electron chi connectivity index (χ4n) is 2.56. The van der Waals surface area contributed by atoms with Crippen molar-refractivity contribution in [1.82, 2.24) is 0 Å². The Hall–Kier alpha value is -4.11. The summed E-state index contributed by atoms with van der Waals surface area (Å²) in [6.45, 7) is 0.460. The summed E-state index contributed by atoms with van der Waals surface area (Å²) in [5, 5.41) is 14.1. The van der Waals surface area contributed by atoms with Crippen molar-refractivity contribution in [3.8, 4) is 11.8 Å². The number of amides is 2. The number of hydrogen-bond donors (Lipinski definition) is 2. The van der Waals surface area contributed by atoms with Crippen LogP contribution in [0.4, 0.5) is 11.4 Å². The summed E-state index contributed by atoms with van der Waals surface area (Å²) < 4.78 is 5.70. The molecule has 29 heavy (non-hydrogen) atoms. The molecule has 2 N–H and O–H groups in total. The standard InChI is InChI=1S/C23H19N3O3/c24-15-17-6-8-19(9-7-17)25-22(27)14-23(28)26-20-10-12-21(13-11-20)29-16-18-4-2-1-3-5-18/h1-13H,14,16H2,(H,25,27)(H,26,28). The normalized spacial score (nSPS) is 9.90. The summed E-state index contributed by atoms with van der Waals surface area (Å²) in [6, 6.07) is 25.2. The molecular formula is C23H19N3O3. The lowest BCUT2D eigenvalue weighted by Crippen LogP contribution is -2.21. The van der Waals surface area contributed by atoms with Crippen LogP contribution in [0.2, 0.25) is 0 Å². The minimum absolute atomic E-state index is 0.313. The Kier molecular flexibility index (Phi) is 6.58. The molecule has 0 aliphatic rings. The molecule has 0 radical (unpaired) electrons. The zero-order valence-corrected chi connectivity index (χ0v) is 15.6. The van der Waals surface area contributed by atoms with Crippen molar-refractivity contribution in [1.29, 1.82) is 5.26 Å². The Labute approximate surface area is 168 Å². The van der Waals surface area contributed by atoms with Gasteiger partial charge in [-0.15, -0.1) is 0 Å². The number of anilines is 2. The maximum Gasteiger partial charge on any atom is 0.233 e. The van der Waals surface area contributed by atoms with Crippen LogP contribution in [0.25, 0.3) is 0 Å².